The summed E-state index contributed by atoms with van der Waals surface area (Å²) in [5.74, 6) is 0.267. The highest BCUT2D eigenvalue weighted by Gasteiger charge is 2.21. The molecule has 0 N–H and O–H groups in total. The fraction of sp³-hybridized carbons (Fsp3) is 0.938. The fourth-order valence-electron chi connectivity index (χ4n) is 2.69. The molecule has 2 heteroatoms. The van der Waals surface area contributed by atoms with Gasteiger partial charge in [-0.1, -0.05) is 58.3 Å². The number of ether oxygens (including phenoxy) is 1. The molecular weight excluding hydrogens is 224 g/mol. The number of cyclic esters (lactones) is 1. The first kappa shape index (κ1) is 15.5. The normalized spacial score (nSPS) is 20.5. The number of unbranched alkanes of at least 4 members (excludes halogenated alkanes) is 7. The average Bonchev–Trinajstić information content (AvgIpc) is 2.58. The minimum Gasteiger partial charge on any atom is -0.465 e. The minimum absolute atomic E-state index is 0.0652. The summed E-state index contributed by atoms with van der Waals surface area (Å²) in [5.41, 5.74) is 0. The van der Waals surface area contributed by atoms with Crippen molar-refractivity contribution in [3.8, 4) is 0 Å². The van der Waals surface area contributed by atoms with Crippen molar-refractivity contribution in [2.45, 2.75) is 84.0 Å². The molecule has 1 heterocycles. The molecule has 1 rings (SSSR count). The minimum atomic E-state index is 0.0652. The van der Waals surface area contributed by atoms with E-state index in [0.29, 0.717) is 6.61 Å². The smallest absolute Gasteiger partial charge is 0.308 e. The van der Waals surface area contributed by atoms with Gasteiger partial charge in [-0.3, -0.25) is 4.79 Å². The van der Waals surface area contributed by atoms with Crippen LogP contribution in [-0.2, 0) is 9.53 Å². The van der Waals surface area contributed by atoms with Crippen LogP contribution in [0.3, 0.4) is 0 Å². The molecule has 1 aliphatic rings. The molecule has 0 radical (unpaired) electrons. The van der Waals surface area contributed by atoms with Crippen LogP contribution in [-0.4, -0.2) is 12.6 Å². The van der Waals surface area contributed by atoms with Gasteiger partial charge in [-0.15, -0.1) is 0 Å². The van der Waals surface area contributed by atoms with E-state index in [1.165, 1.54) is 51.4 Å². The van der Waals surface area contributed by atoms with Crippen molar-refractivity contribution >= 4 is 5.97 Å². The van der Waals surface area contributed by atoms with E-state index in [1.807, 2.05) is 0 Å². The maximum Gasteiger partial charge on any atom is 0.308 e. The number of esters is 1. The van der Waals surface area contributed by atoms with E-state index in [-0.39, 0.29) is 11.9 Å². The molecule has 1 unspecified atom stereocenters. The van der Waals surface area contributed by atoms with E-state index in [2.05, 4.69) is 6.92 Å². The molecule has 0 amide bonds. The molecular formula is C16H30O2. The molecule has 18 heavy (non-hydrogen) atoms. The average molecular weight is 254 g/mol. The van der Waals surface area contributed by atoms with Crippen LogP contribution in [0.4, 0.5) is 0 Å². The molecule has 2 nitrogen and oxygen atoms in total. The standard InChI is InChI=1S/C16H30O2/c1-2-3-4-5-6-7-8-9-12-15-13-10-11-14-18-16(15)17/h15H,2-14H2,1H3. The third-order valence-electron chi connectivity index (χ3n) is 3.93. The summed E-state index contributed by atoms with van der Waals surface area (Å²) in [6.45, 7) is 2.90. The Balaban J connectivity index is 1.94. The summed E-state index contributed by atoms with van der Waals surface area (Å²) in [6.07, 6.45) is 15.0. The second-order valence-electron chi connectivity index (χ2n) is 5.62. The molecule has 106 valence electrons. The Hall–Kier alpha value is -0.530. The van der Waals surface area contributed by atoms with Gasteiger partial charge in [0, 0.05) is 0 Å². The fourth-order valence-corrected chi connectivity index (χ4v) is 2.69. The maximum atomic E-state index is 11.6. The van der Waals surface area contributed by atoms with E-state index in [9.17, 15) is 4.79 Å². The van der Waals surface area contributed by atoms with Gasteiger partial charge in [0.15, 0.2) is 0 Å². The first-order chi connectivity index (χ1) is 8.84. The molecule has 0 aromatic heterocycles. The number of carbonyl (C=O) groups is 1. The quantitative estimate of drug-likeness (QED) is 0.434. The van der Waals surface area contributed by atoms with Crippen molar-refractivity contribution in [3.63, 3.8) is 0 Å². The highest BCUT2D eigenvalue weighted by Crippen LogP contribution is 2.22. The monoisotopic (exact) mass is 254 g/mol. The molecule has 0 spiro atoms. The van der Waals surface area contributed by atoms with E-state index < -0.39 is 0 Å². The Kier molecular flexibility index (Phi) is 8.97. The predicted octanol–water partition coefficient (Wildman–Crippen LogP) is 4.86. The molecule has 1 fully saturated rings. The van der Waals surface area contributed by atoms with Gasteiger partial charge in [-0.2, -0.15) is 0 Å². The SMILES string of the molecule is CCCCCCCCCCC1CCCCOC1=O. The van der Waals surface area contributed by atoms with Crippen molar-refractivity contribution in [1.82, 2.24) is 0 Å². The lowest BCUT2D eigenvalue weighted by atomic mass is 9.96. The van der Waals surface area contributed by atoms with Crippen LogP contribution in [0.25, 0.3) is 0 Å². The molecule has 0 saturated carbocycles. The van der Waals surface area contributed by atoms with Gasteiger partial charge in [-0.25, -0.2) is 0 Å². The lowest BCUT2D eigenvalue weighted by Gasteiger charge is -2.11. The Labute approximate surface area is 112 Å². The molecule has 0 aliphatic carbocycles. The van der Waals surface area contributed by atoms with Gasteiger partial charge in [0.05, 0.1) is 12.5 Å². The van der Waals surface area contributed by atoms with Crippen molar-refractivity contribution < 1.29 is 9.53 Å². The molecule has 1 aliphatic heterocycles. The van der Waals surface area contributed by atoms with Gasteiger partial charge < -0.3 is 4.74 Å². The lowest BCUT2D eigenvalue weighted by molar-refractivity contribution is -0.147. The van der Waals surface area contributed by atoms with Crippen LogP contribution in [0.15, 0.2) is 0 Å². The molecule has 0 aromatic carbocycles. The van der Waals surface area contributed by atoms with Crippen LogP contribution in [0.2, 0.25) is 0 Å². The zero-order valence-corrected chi connectivity index (χ0v) is 12.1. The van der Waals surface area contributed by atoms with E-state index in [4.69, 9.17) is 4.74 Å². The van der Waals surface area contributed by atoms with Crippen LogP contribution >= 0.6 is 0 Å². The summed E-state index contributed by atoms with van der Waals surface area (Å²) < 4.78 is 5.20. The Bertz CT molecular complexity index is 213. The molecule has 0 bridgehead atoms. The summed E-state index contributed by atoms with van der Waals surface area (Å²) in [4.78, 5) is 11.6. The van der Waals surface area contributed by atoms with Crippen LogP contribution in [0.5, 0.6) is 0 Å². The maximum absolute atomic E-state index is 11.6. The largest absolute Gasteiger partial charge is 0.465 e. The van der Waals surface area contributed by atoms with Gasteiger partial charge >= 0.3 is 5.97 Å². The van der Waals surface area contributed by atoms with Gasteiger partial charge in [-0.05, 0) is 25.7 Å². The number of carbonyl (C=O) groups excluding carboxylic acids is 1. The summed E-state index contributed by atoms with van der Waals surface area (Å²) in [6, 6.07) is 0. The first-order valence-electron chi connectivity index (χ1n) is 8.01. The van der Waals surface area contributed by atoms with Crippen molar-refractivity contribution in [1.29, 1.82) is 0 Å². The van der Waals surface area contributed by atoms with E-state index in [1.54, 1.807) is 0 Å². The third-order valence-corrected chi connectivity index (χ3v) is 3.93. The van der Waals surface area contributed by atoms with Crippen molar-refractivity contribution in [2.24, 2.45) is 5.92 Å². The van der Waals surface area contributed by atoms with Crippen molar-refractivity contribution in [3.05, 3.63) is 0 Å². The van der Waals surface area contributed by atoms with Gasteiger partial charge in [0.2, 0.25) is 0 Å². The van der Waals surface area contributed by atoms with Crippen LogP contribution in [0, 0.1) is 5.92 Å². The zero-order valence-electron chi connectivity index (χ0n) is 12.1. The van der Waals surface area contributed by atoms with Crippen LogP contribution in [0.1, 0.15) is 84.0 Å². The Morgan fingerprint density at radius 2 is 1.67 bits per heavy atom. The highest BCUT2D eigenvalue weighted by molar-refractivity contribution is 5.72. The summed E-state index contributed by atoms with van der Waals surface area (Å²) >= 11 is 0. The second kappa shape index (κ2) is 10.4. The topological polar surface area (TPSA) is 26.3 Å². The van der Waals surface area contributed by atoms with E-state index >= 15 is 0 Å². The Morgan fingerprint density at radius 3 is 2.39 bits per heavy atom. The number of hydrogen-bond donors (Lipinski definition) is 0. The predicted molar refractivity (Wildman–Crippen MR) is 75.5 cm³/mol. The number of hydrogen-bond acceptors (Lipinski definition) is 2. The lowest BCUT2D eigenvalue weighted by Crippen LogP contribution is -2.15. The van der Waals surface area contributed by atoms with Crippen LogP contribution < -0.4 is 0 Å². The van der Waals surface area contributed by atoms with E-state index in [0.717, 1.165) is 25.7 Å². The summed E-state index contributed by atoms with van der Waals surface area (Å²) in [5, 5.41) is 0. The molecule has 0 aromatic rings. The van der Waals surface area contributed by atoms with Crippen molar-refractivity contribution in [2.75, 3.05) is 6.61 Å². The highest BCUT2D eigenvalue weighted by atomic mass is 16.5. The molecule has 1 atom stereocenters. The molecule has 1 saturated heterocycles. The summed E-state index contributed by atoms with van der Waals surface area (Å²) in [7, 11) is 0. The zero-order chi connectivity index (χ0) is 13.1. The third kappa shape index (κ3) is 7.03. The second-order valence-corrected chi connectivity index (χ2v) is 5.62. The number of rotatable bonds is 9. The van der Waals surface area contributed by atoms with Gasteiger partial charge in [0.25, 0.3) is 0 Å². The Morgan fingerprint density at radius 1 is 1.00 bits per heavy atom. The first-order valence-corrected chi connectivity index (χ1v) is 8.01. The van der Waals surface area contributed by atoms with Gasteiger partial charge in [0.1, 0.15) is 0 Å².